The first-order chi connectivity index (χ1) is 6.27. The quantitative estimate of drug-likeness (QED) is 0.357. The van der Waals surface area contributed by atoms with E-state index in [9.17, 15) is 9.59 Å². The second kappa shape index (κ2) is 8.97. The average Bonchev–Trinajstić information content (AvgIpc) is 2.09. The van der Waals surface area contributed by atoms with Gasteiger partial charge in [-0.1, -0.05) is 12.2 Å². The number of hydrogen-bond donors (Lipinski definition) is 1. The SMILES string of the molecule is O=CCCC=CCCCCC(=O)O. The third-order valence-electron chi connectivity index (χ3n) is 1.63. The van der Waals surface area contributed by atoms with Crippen LogP contribution >= 0.6 is 0 Å². The molecule has 0 heterocycles. The van der Waals surface area contributed by atoms with Gasteiger partial charge in [-0.05, 0) is 25.7 Å². The average molecular weight is 184 g/mol. The van der Waals surface area contributed by atoms with Crippen molar-refractivity contribution in [2.45, 2.75) is 38.5 Å². The molecule has 1 N–H and O–H groups in total. The third kappa shape index (κ3) is 10.9. The van der Waals surface area contributed by atoms with Crippen molar-refractivity contribution in [1.29, 1.82) is 0 Å². The van der Waals surface area contributed by atoms with Crippen LogP contribution < -0.4 is 0 Å². The lowest BCUT2D eigenvalue weighted by Crippen LogP contribution is -1.92. The monoisotopic (exact) mass is 184 g/mol. The first kappa shape index (κ1) is 11.9. The summed E-state index contributed by atoms with van der Waals surface area (Å²) in [5.74, 6) is -0.732. The van der Waals surface area contributed by atoms with Crippen LogP contribution in [0.4, 0.5) is 0 Å². The summed E-state index contributed by atoms with van der Waals surface area (Å²) in [5.41, 5.74) is 0. The van der Waals surface area contributed by atoms with Gasteiger partial charge in [0.05, 0.1) is 0 Å². The molecule has 0 rings (SSSR count). The van der Waals surface area contributed by atoms with Crippen LogP contribution in [0, 0.1) is 0 Å². The lowest BCUT2D eigenvalue weighted by molar-refractivity contribution is -0.137. The summed E-state index contributed by atoms with van der Waals surface area (Å²) in [4.78, 5) is 20.0. The minimum Gasteiger partial charge on any atom is -0.481 e. The van der Waals surface area contributed by atoms with E-state index in [4.69, 9.17) is 5.11 Å². The number of allylic oxidation sites excluding steroid dienone is 2. The van der Waals surface area contributed by atoms with Gasteiger partial charge in [0.2, 0.25) is 0 Å². The van der Waals surface area contributed by atoms with Gasteiger partial charge in [-0.15, -0.1) is 0 Å². The van der Waals surface area contributed by atoms with E-state index in [0.29, 0.717) is 6.42 Å². The first-order valence-corrected chi connectivity index (χ1v) is 4.58. The van der Waals surface area contributed by atoms with Crippen LogP contribution in [-0.4, -0.2) is 17.4 Å². The standard InChI is InChI=1S/C10H16O3/c11-9-7-5-3-1-2-4-6-8-10(12)13/h1,3,9H,2,4-8H2,(H,12,13). The number of unbranched alkanes of at least 4 members (excludes halogenated alkanes) is 3. The van der Waals surface area contributed by atoms with Gasteiger partial charge in [0.25, 0.3) is 0 Å². The van der Waals surface area contributed by atoms with Gasteiger partial charge in [-0.2, -0.15) is 0 Å². The molecule has 74 valence electrons. The summed E-state index contributed by atoms with van der Waals surface area (Å²) in [6.07, 6.45) is 9.04. The summed E-state index contributed by atoms with van der Waals surface area (Å²) in [6, 6.07) is 0. The van der Waals surface area contributed by atoms with Gasteiger partial charge < -0.3 is 9.90 Å². The van der Waals surface area contributed by atoms with E-state index in [-0.39, 0.29) is 6.42 Å². The Hall–Kier alpha value is -1.12. The fourth-order valence-electron chi connectivity index (χ4n) is 0.938. The van der Waals surface area contributed by atoms with Crippen LogP contribution in [0.5, 0.6) is 0 Å². The summed E-state index contributed by atoms with van der Waals surface area (Å²) in [5, 5.41) is 8.33. The van der Waals surface area contributed by atoms with Gasteiger partial charge in [0, 0.05) is 12.8 Å². The molecule has 0 spiro atoms. The van der Waals surface area contributed by atoms with Crippen LogP contribution in [0.15, 0.2) is 12.2 Å². The number of hydrogen-bond acceptors (Lipinski definition) is 2. The number of aldehydes is 1. The number of carbonyl (C=O) groups is 2. The molecule has 0 saturated heterocycles. The van der Waals surface area contributed by atoms with Crippen LogP contribution in [0.25, 0.3) is 0 Å². The highest BCUT2D eigenvalue weighted by Crippen LogP contribution is 2.01. The number of carboxylic acids is 1. The van der Waals surface area contributed by atoms with Gasteiger partial charge in [0.1, 0.15) is 6.29 Å². The van der Waals surface area contributed by atoms with Crippen LogP contribution in [-0.2, 0) is 9.59 Å². The molecular formula is C10H16O3. The maximum absolute atomic E-state index is 10.1. The van der Waals surface area contributed by atoms with Crippen molar-refractivity contribution >= 4 is 12.3 Å². The van der Waals surface area contributed by atoms with E-state index in [1.54, 1.807) is 0 Å². The Morgan fingerprint density at radius 2 is 1.77 bits per heavy atom. The second-order valence-electron chi connectivity index (χ2n) is 2.85. The van der Waals surface area contributed by atoms with E-state index >= 15 is 0 Å². The molecule has 0 aliphatic heterocycles. The molecule has 3 nitrogen and oxygen atoms in total. The zero-order chi connectivity index (χ0) is 9.94. The Labute approximate surface area is 78.5 Å². The van der Waals surface area contributed by atoms with E-state index in [2.05, 4.69) is 0 Å². The highest BCUT2D eigenvalue weighted by molar-refractivity contribution is 5.66. The fraction of sp³-hybridized carbons (Fsp3) is 0.600. The van der Waals surface area contributed by atoms with E-state index in [1.165, 1.54) is 0 Å². The van der Waals surface area contributed by atoms with Crippen molar-refractivity contribution in [2.24, 2.45) is 0 Å². The second-order valence-corrected chi connectivity index (χ2v) is 2.85. The summed E-state index contributed by atoms with van der Waals surface area (Å²) in [6.45, 7) is 0. The van der Waals surface area contributed by atoms with Crippen molar-refractivity contribution in [1.82, 2.24) is 0 Å². The Morgan fingerprint density at radius 1 is 1.08 bits per heavy atom. The van der Waals surface area contributed by atoms with E-state index < -0.39 is 5.97 Å². The van der Waals surface area contributed by atoms with Crippen molar-refractivity contribution in [3.8, 4) is 0 Å². The molecule has 0 aromatic carbocycles. The van der Waals surface area contributed by atoms with E-state index in [1.807, 2.05) is 12.2 Å². The minimum atomic E-state index is -0.732. The molecule has 0 aliphatic rings. The first-order valence-electron chi connectivity index (χ1n) is 4.58. The van der Waals surface area contributed by atoms with Crippen LogP contribution in [0.2, 0.25) is 0 Å². The molecule has 0 saturated carbocycles. The molecule has 13 heavy (non-hydrogen) atoms. The largest absolute Gasteiger partial charge is 0.481 e. The molecule has 0 aliphatic carbocycles. The van der Waals surface area contributed by atoms with Crippen molar-refractivity contribution in [3.05, 3.63) is 12.2 Å². The van der Waals surface area contributed by atoms with Gasteiger partial charge in [-0.25, -0.2) is 0 Å². The highest BCUT2D eigenvalue weighted by atomic mass is 16.4. The lowest BCUT2D eigenvalue weighted by Gasteiger charge is -1.92. The predicted octanol–water partition coefficient (Wildman–Crippen LogP) is 2.17. The lowest BCUT2D eigenvalue weighted by atomic mass is 10.2. The van der Waals surface area contributed by atoms with Crippen LogP contribution in [0.3, 0.4) is 0 Å². The maximum Gasteiger partial charge on any atom is 0.303 e. The van der Waals surface area contributed by atoms with Crippen LogP contribution in [0.1, 0.15) is 38.5 Å². The predicted molar refractivity (Wildman–Crippen MR) is 50.5 cm³/mol. The molecule has 0 bridgehead atoms. The number of aliphatic carboxylic acids is 1. The normalized spacial score (nSPS) is 10.5. The molecular weight excluding hydrogens is 168 g/mol. The smallest absolute Gasteiger partial charge is 0.303 e. The highest BCUT2D eigenvalue weighted by Gasteiger charge is 1.93. The summed E-state index contributed by atoms with van der Waals surface area (Å²) in [7, 11) is 0. The molecule has 0 aromatic rings. The molecule has 0 aromatic heterocycles. The third-order valence-corrected chi connectivity index (χ3v) is 1.63. The summed E-state index contributed by atoms with van der Waals surface area (Å²) < 4.78 is 0. The Kier molecular flexibility index (Phi) is 8.20. The zero-order valence-electron chi connectivity index (χ0n) is 7.74. The van der Waals surface area contributed by atoms with Gasteiger partial charge in [0.15, 0.2) is 0 Å². The molecule has 3 heteroatoms. The van der Waals surface area contributed by atoms with E-state index in [0.717, 1.165) is 32.0 Å². The Balaban J connectivity index is 3.10. The number of carboxylic acid groups (broad SMARTS) is 1. The molecule has 0 radical (unpaired) electrons. The molecule has 0 unspecified atom stereocenters. The van der Waals surface area contributed by atoms with Crippen molar-refractivity contribution < 1.29 is 14.7 Å². The summed E-state index contributed by atoms with van der Waals surface area (Å²) >= 11 is 0. The molecule has 0 atom stereocenters. The number of carbonyl (C=O) groups excluding carboxylic acids is 1. The minimum absolute atomic E-state index is 0.252. The Bertz CT molecular complexity index is 173. The molecule has 0 fully saturated rings. The van der Waals surface area contributed by atoms with Crippen molar-refractivity contribution in [2.75, 3.05) is 0 Å². The maximum atomic E-state index is 10.1. The fourth-order valence-corrected chi connectivity index (χ4v) is 0.938. The van der Waals surface area contributed by atoms with Crippen molar-refractivity contribution in [3.63, 3.8) is 0 Å². The Morgan fingerprint density at radius 3 is 2.38 bits per heavy atom. The zero-order valence-corrected chi connectivity index (χ0v) is 7.74. The molecule has 0 amide bonds. The van der Waals surface area contributed by atoms with Gasteiger partial charge >= 0.3 is 5.97 Å². The van der Waals surface area contributed by atoms with Gasteiger partial charge in [-0.3, -0.25) is 4.79 Å². The topological polar surface area (TPSA) is 54.4 Å². The number of rotatable bonds is 8.